The van der Waals surface area contributed by atoms with E-state index in [9.17, 15) is 4.79 Å². The maximum absolute atomic E-state index is 10.8. The van der Waals surface area contributed by atoms with E-state index < -0.39 is 5.91 Å². The van der Waals surface area contributed by atoms with Crippen LogP contribution >= 0.6 is 11.8 Å². The summed E-state index contributed by atoms with van der Waals surface area (Å²) in [6.07, 6.45) is 0. The van der Waals surface area contributed by atoms with Crippen molar-refractivity contribution in [3.8, 4) is 11.4 Å². The normalized spacial score (nSPS) is 10.6. The number of carbonyl (C=O) groups is 1. The molecule has 0 spiro atoms. The molecule has 0 aliphatic carbocycles. The number of nitrogens with zero attached hydrogens (tertiary/aromatic N) is 3. The Hall–Kier alpha value is -1.86. The number of amides is 1. The average molecular weight is 278 g/mol. The van der Waals surface area contributed by atoms with Gasteiger partial charge in [-0.15, -0.1) is 10.2 Å². The molecule has 1 aromatic carbocycles. The molecule has 1 aromatic heterocycles. The molecular weight excluding hydrogens is 264 g/mol. The fraction of sp³-hybridized carbons (Fsp3) is 0.250. The van der Waals surface area contributed by atoms with Crippen LogP contribution in [0.15, 0.2) is 35.5 Å². The van der Waals surface area contributed by atoms with Crippen LogP contribution in [0.5, 0.6) is 0 Å². The number of primary amides is 1. The summed E-state index contributed by atoms with van der Waals surface area (Å²) < 4.78 is 1.78. The Balaban J connectivity index is 2.31. The second kappa shape index (κ2) is 6.35. The van der Waals surface area contributed by atoms with Gasteiger partial charge in [0.2, 0.25) is 5.91 Å². The average Bonchev–Trinajstić information content (AvgIpc) is 2.81. The van der Waals surface area contributed by atoms with Crippen molar-refractivity contribution in [2.45, 2.75) is 11.7 Å². The number of thioether (sulfide) groups is 1. The number of nitrogens with two attached hydrogens (primary N) is 1. The van der Waals surface area contributed by atoms with Crippen molar-refractivity contribution in [2.24, 2.45) is 5.73 Å². The minimum atomic E-state index is -0.412. The number of rotatable bonds is 6. The zero-order valence-corrected chi connectivity index (χ0v) is 11.0. The van der Waals surface area contributed by atoms with E-state index in [1.807, 2.05) is 30.3 Å². The summed E-state index contributed by atoms with van der Waals surface area (Å²) in [4.78, 5) is 10.8. The Labute approximate surface area is 114 Å². The number of hydrogen-bond acceptors (Lipinski definition) is 5. The molecule has 2 aromatic rings. The summed E-state index contributed by atoms with van der Waals surface area (Å²) in [5.74, 6) is 0.393. The monoisotopic (exact) mass is 278 g/mol. The van der Waals surface area contributed by atoms with Crippen molar-refractivity contribution in [2.75, 3.05) is 12.4 Å². The van der Waals surface area contributed by atoms with Crippen LogP contribution in [-0.4, -0.2) is 38.1 Å². The number of carbonyl (C=O) groups excluding carboxylic acids is 1. The van der Waals surface area contributed by atoms with Crippen LogP contribution < -0.4 is 5.73 Å². The lowest BCUT2D eigenvalue weighted by atomic mass is 10.2. The maximum atomic E-state index is 10.8. The smallest absolute Gasteiger partial charge is 0.227 e. The lowest BCUT2D eigenvalue weighted by molar-refractivity contribution is -0.115. The van der Waals surface area contributed by atoms with Crippen molar-refractivity contribution in [1.29, 1.82) is 0 Å². The van der Waals surface area contributed by atoms with Crippen molar-refractivity contribution in [1.82, 2.24) is 14.8 Å². The van der Waals surface area contributed by atoms with E-state index in [4.69, 9.17) is 10.8 Å². The molecule has 0 radical (unpaired) electrons. The van der Waals surface area contributed by atoms with E-state index in [0.29, 0.717) is 17.5 Å². The highest BCUT2D eigenvalue weighted by Gasteiger charge is 2.14. The first kappa shape index (κ1) is 13.6. The quantitative estimate of drug-likeness (QED) is 0.751. The van der Waals surface area contributed by atoms with Crippen molar-refractivity contribution in [3.63, 3.8) is 0 Å². The minimum absolute atomic E-state index is 0.0258. The molecule has 1 heterocycles. The predicted molar refractivity (Wildman–Crippen MR) is 72.5 cm³/mol. The van der Waals surface area contributed by atoms with Crippen LogP contribution in [0.2, 0.25) is 0 Å². The van der Waals surface area contributed by atoms with Crippen molar-refractivity contribution >= 4 is 17.7 Å². The van der Waals surface area contributed by atoms with Gasteiger partial charge < -0.3 is 10.8 Å². The Morgan fingerprint density at radius 2 is 2.05 bits per heavy atom. The molecule has 3 N–H and O–H groups in total. The van der Waals surface area contributed by atoms with Crippen LogP contribution in [0.4, 0.5) is 0 Å². The fourth-order valence-corrected chi connectivity index (χ4v) is 2.34. The summed E-state index contributed by atoms with van der Waals surface area (Å²) in [7, 11) is 0. The summed E-state index contributed by atoms with van der Waals surface area (Å²) in [6.45, 7) is 0.348. The van der Waals surface area contributed by atoms with Gasteiger partial charge in [0, 0.05) is 12.1 Å². The third-order valence-corrected chi connectivity index (χ3v) is 3.41. The molecule has 7 heteroatoms. The molecule has 0 saturated heterocycles. The molecule has 0 aliphatic heterocycles. The van der Waals surface area contributed by atoms with Gasteiger partial charge in [-0.05, 0) is 0 Å². The summed E-state index contributed by atoms with van der Waals surface area (Å²) in [5.41, 5.74) is 6.03. The van der Waals surface area contributed by atoms with Crippen LogP contribution in [0.3, 0.4) is 0 Å². The van der Waals surface area contributed by atoms with Gasteiger partial charge in [0.25, 0.3) is 0 Å². The molecule has 0 bridgehead atoms. The molecule has 19 heavy (non-hydrogen) atoms. The molecule has 0 saturated carbocycles. The van der Waals surface area contributed by atoms with E-state index in [1.165, 1.54) is 11.8 Å². The Morgan fingerprint density at radius 3 is 2.68 bits per heavy atom. The summed E-state index contributed by atoms with van der Waals surface area (Å²) in [6, 6.07) is 9.56. The first-order valence-electron chi connectivity index (χ1n) is 5.73. The lowest BCUT2D eigenvalue weighted by Gasteiger charge is -2.07. The number of aliphatic hydroxyl groups is 1. The highest BCUT2D eigenvalue weighted by molar-refractivity contribution is 7.99. The zero-order valence-electron chi connectivity index (χ0n) is 10.2. The second-order valence-electron chi connectivity index (χ2n) is 3.80. The molecule has 0 atom stereocenters. The van der Waals surface area contributed by atoms with Gasteiger partial charge in [0.05, 0.1) is 12.4 Å². The Bertz CT molecular complexity index is 556. The largest absolute Gasteiger partial charge is 0.395 e. The van der Waals surface area contributed by atoms with E-state index in [-0.39, 0.29) is 12.4 Å². The van der Waals surface area contributed by atoms with Crippen LogP contribution in [-0.2, 0) is 11.3 Å². The van der Waals surface area contributed by atoms with E-state index >= 15 is 0 Å². The Kier molecular flexibility index (Phi) is 4.53. The van der Waals surface area contributed by atoms with Crippen LogP contribution in [0.25, 0.3) is 11.4 Å². The SMILES string of the molecule is NC(=O)CSc1nnc(-c2ccccc2)n1CCO. The lowest BCUT2D eigenvalue weighted by Crippen LogP contribution is -2.14. The van der Waals surface area contributed by atoms with Crippen molar-refractivity contribution < 1.29 is 9.90 Å². The molecule has 2 rings (SSSR count). The van der Waals surface area contributed by atoms with Gasteiger partial charge >= 0.3 is 0 Å². The topological polar surface area (TPSA) is 94.0 Å². The van der Waals surface area contributed by atoms with Gasteiger partial charge in [-0.2, -0.15) is 0 Å². The number of aliphatic hydroxyl groups excluding tert-OH is 1. The highest BCUT2D eigenvalue weighted by Crippen LogP contribution is 2.23. The first-order valence-corrected chi connectivity index (χ1v) is 6.71. The van der Waals surface area contributed by atoms with Gasteiger partial charge in [0.1, 0.15) is 0 Å². The van der Waals surface area contributed by atoms with Gasteiger partial charge in [-0.1, -0.05) is 42.1 Å². The third kappa shape index (κ3) is 3.33. The van der Waals surface area contributed by atoms with Crippen molar-refractivity contribution in [3.05, 3.63) is 30.3 Å². The molecule has 0 aliphatic rings. The highest BCUT2D eigenvalue weighted by atomic mass is 32.2. The van der Waals surface area contributed by atoms with Gasteiger partial charge in [-0.25, -0.2) is 0 Å². The standard InChI is InChI=1S/C12H14N4O2S/c13-10(18)8-19-12-15-14-11(16(12)6-7-17)9-4-2-1-3-5-9/h1-5,17H,6-8H2,(H2,13,18). The van der Waals surface area contributed by atoms with Crippen LogP contribution in [0.1, 0.15) is 0 Å². The first-order chi connectivity index (χ1) is 9.22. The number of hydrogen-bond donors (Lipinski definition) is 2. The van der Waals surface area contributed by atoms with Gasteiger partial charge in [0.15, 0.2) is 11.0 Å². The Morgan fingerprint density at radius 1 is 1.32 bits per heavy atom. The molecule has 0 fully saturated rings. The van der Waals surface area contributed by atoms with Crippen LogP contribution in [0, 0.1) is 0 Å². The third-order valence-electron chi connectivity index (χ3n) is 2.42. The van der Waals surface area contributed by atoms with E-state index in [2.05, 4.69) is 10.2 Å². The molecule has 6 nitrogen and oxygen atoms in total. The van der Waals surface area contributed by atoms with Gasteiger partial charge in [-0.3, -0.25) is 9.36 Å². The van der Waals surface area contributed by atoms with E-state index in [0.717, 1.165) is 5.56 Å². The van der Waals surface area contributed by atoms with E-state index in [1.54, 1.807) is 4.57 Å². The summed E-state index contributed by atoms with van der Waals surface area (Å²) >= 11 is 1.21. The molecule has 0 unspecified atom stereocenters. The molecular formula is C12H14N4O2S. The fourth-order valence-electron chi connectivity index (χ4n) is 1.63. The predicted octanol–water partition coefficient (Wildman–Crippen LogP) is 0.515. The molecule has 100 valence electrons. The number of benzene rings is 1. The summed E-state index contributed by atoms with van der Waals surface area (Å²) in [5, 5.41) is 17.9. The molecule has 1 amide bonds. The maximum Gasteiger partial charge on any atom is 0.227 e. The minimum Gasteiger partial charge on any atom is -0.395 e. The zero-order chi connectivity index (χ0) is 13.7. The second-order valence-corrected chi connectivity index (χ2v) is 4.74. The number of aromatic nitrogens is 3.